The first-order chi connectivity index (χ1) is 14.0. The largest absolute Gasteiger partial charge is 0.497 e. The average molecular weight is 394 g/mol. The lowest BCUT2D eigenvalue weighted by molar-refractivity contribution is -0.143. The Labute approximate surface area is 168 Å². The first kappa shape index (κ1) is 20.1. The van der Waals surface area contributed by atoms with Gasteiger partial charge in [-0.3, -0.25) is 0 Å². The Morgan fingerprint density at radius 3 is 2.66 bits per heavy atom. The van der Waals surface area contributed by atoms with Gasteiger partial charge >= 0.3 is 5.97 Å². The van der Waals surface area contributed by atoms with Crippen LogP contribution in [0.25, 0.3) is 17.5 Å². The monoisotopic (exact) mass is 394 g/mol. The van der Waals surface area contributed by atoms with E-state index in [-0.39, 0.29) is 5.89 Å². The van der Waals surface area contributed by atoms with Crippen LogP contribution in [-0.4, -0.2) is 30.4 Å². The first-order valence-corrected chi connectivity index (χ1v) is 9.01. The number of methoxy groups -OCH3 is 2. The van der Waals surface area contributed by atoms with Gasteiger partial charge in [-0.15, -0.1) is 10.2 Å². The minimum absolute atomic E-state index is 0.224. The molecule has 1 atom stereocenters. The second-order valence-electron chi connectivity index (χ2n) is 6.34. The molecule has 0 N–H and O–H groups in total. The van der Waals surface area contributed by atoms with Crippen molar-refractivity contribution in [3.8, 4) is 23.0 Å². The summed E-state index contributed by atoms with van der Waals surface area (Å²) in [5, 5.41) is 8.02. The normalized spacial score (nSPS) is 12.0. The van der Waals surface area contributed by atoms with Gasteiger partial charge in [0.15, 0.2) is 6.10 Å². The minimum atomic E-state index is -0.689. The van der Waals surface area contributed by atoms with E-state index >= 15 is 0 Å². The third-order valence-electron chi connectivity index (χ3n) is 4.18. The Kier molecular flexibility index (Phi) is 6.29. The molecule has 150 valence electrons. The standard InChI is InChI=1S/C22H22N2O5/c1-14-6-5-7-17(12-14)22-24-23-21(29-22)15(2)28-20(25)11-8-16-13-18(26-3)9-10-19(16)27-4/h5-13,15H,1-4H3/b11-8+. The summed E-state index contributed by atoms with van der Waals surface area (Å²) >= 11 is 0. The number of nitrogens with zero attached hydrogens (tertiary/aromatic N) is 2. The van der Waals surface area contributed by atoms with Gasteiger partial charge in [0.05, 0.1) is 14.2 Å². The van der Waals surface area contributed by atoms with Crippen molar-refractivity contribution in [3.05, 3.63) is 65.6 Å². The van der Waals surface area contributed by atoms with E-state index in [9.17, 15) is 4.79 Å². The van der Waals surface area contributed by atoms with E-state index in [1.54, 1.807) is 45.4 Å². The molecule has 3 rings (SSSR count). The van der Waals surface area contributed by atoms with E-state index in [1.165, 1.54) is 6.08 Å². The zero-order valence-corrected chi connectivity index (χ0v) is 16.7. The van der Waals surface area contributed by atoms with Crippen LogP contribution in [0.15, 0.2) is 53.0 Å². The smallest absolute Gasteiger partial charge is 0.331 e. The summed E-state index contributed by atoms with van der Waals surface area (Å²) in [5.74, 6) is 1.33. The highest BCUT2D eigenvalue weighted by Gasteiger charge is 2.18. The lowest BCUT2D eigenvalue weighted by atomic mass is 10.1. The van der Waals surface area contributed by atoms with Crippen LogP contribution in [0.2, 0.25) is 0 Å². The molecule has 7 heteroatoms. The number of carbonyl (C=O) groups is 1. The zero-order valence-electron chi connectivity index (χ0n) is 16.7. The summed E-state index contributed by atoms with van der Waals surface area (Å²) < 4.78 is 21.5. The molecule has 0 aliphatic heterocycles. The quantitative estimate of drug-likeness (QED) is 0.434. The van der Waals surface area contributed by atoms with Crippen LogP contribution in [0.4, 0.5) is 0 Å². The predicted octanol–water partition coefficient (Wildman–Crippen LogP) is 4.38. The van der Waals surface area contributed by atoms with Gasteiger partial charge in [-0.1, -0.05) is 17.7 Å². The fourth-order valence-electron chi connectivity index (χ4n) is 2.69. The Morgan fingerprint density at radius 2 is 1.93 bits per heavy atom. The fraction of sp³-hybridized carbons (Fsp3) is 0.227. The van der Waals surface area contributed by atoms with Gasteiger partial charge in [0.1, 0.15) is 11.5 Å². The van der Waals surface area contributed by atoms with Crippen molar-refractivity contribution in [2.75, 3.05) is 14.2 Å². The molecular weight excluding hydrogens is 372 g/mol. The second kappa shape index (κ2) is 9.05. The van der Waals surface area contributed by atoms with Crippen molar-refractivity contribution < 1.29 is 23.4 Å². The maximum atomic E-state index is 12.2. The van der Waals surface area contributed by atoms with Crippen LogP contribution >= 0.6 is 0 Å². The number of carbonyl (C=O) groups excluding carboxylic acids is 1. The Morgan fingerprint density at radius 1 is 1.10 bits per heavy atom. The van der Waals surface area contributed by atoms with E-state index in [4.69, 9.17) is 18.6 Å². The summed E-state index contributed by atoms with van der Waals surface area (Å²) in [6.45, 7) is 3.65. The number of hydrogen-bond donors (Lipinski definition) is 0. The average Bonchev–Trinajstić information content (AvgIpc) is 3.22. The number of aromatic nitrogens is 2. The molecular formula is C22H22N2O5. The van der Waals surface area contributed by atoms with Crippen molar-refractivity contribution >= 4 is 12.0 Å². The van der Waals surface area contributed by atoms with Gasteiger partial charge in [-0.25, -0.2) is 4.79 Å². The number of aryl methyl sites for hydroxylation is 1. The van der Waals surface area contributed by atoms with Gasteiger partial charge in [-0.2, -0.15) is 0 Å². The summed E-state index contributed by atoms with van der Waals surface area (Å²) in [4.78, 5) is 12.2. The Balaban J connectivity index is 1.68. The molecule has 1 unspecified atom stereocenters. The molecule has 1 aromatic heterocycles. The Hall–Kier alpha value is -3.61. The molecule has 29 heavy (non-hydrogen) atoms. The van der Waals surface area contributed by atoms with Crippen LogP contribution < -0.4 is 9.47 Å². The molecule has 0 saturated heterocycles. The number of ether oxygens (including phenoxy) is 3. The fourth-order valence-corrected chi connectivity index (χ4v) is 2.69. The maximum absolute atomic E-state index is 12.2. The number of hydrogen-bond acceptors (Lipinski definition) is 7. The van der Waals surface area contributed by atoms with Crippen LogP contribution in [0.1, 0.15) is 30.0 Å². The summed E-state index contributed by atoms with van der Waals surface area (Å²) in [7, 11) is 3.13. The molecule has 0 bridgehead atoms. The SMILES string of the molecule is COc1ccc(OC)c(/C=C/C(=O)OC(C)c2nnc(-c3cccc(C)c3)o2)c1. The molecule has 0 fully saturated rings. The van der Waals surface area contributed by atoms with Gasteiger partial charge in [0, 0.05) is 17.2 Å². The second-order valence-corrected chi connectivity index (χ2v) is 6.34. The molecule has 0 radical (unpaired) electrons. The van der Waals surface area contributed by atoms with Crippen LogP contribution in [0.3, 0.4) is 0 Å². The summed E-state index contributed by atoms with van der Waals surface area (Å²) in [6.07, 6.45) is 2.22. The van der Waals surface area contributed by atoms with Crippen molar-refractivity contribution in [2.24, 2.45) is 0 Å². The highest BCUT2D eigenvalue weighted by molar-refractivity contribution is 5.87. The van der Waals surface area contributed by atoms with Crippen molar-refractivity contribution in [1.29, 1.82) is 0 Å². The summed E-state index contributed by atoms with van der Waals surface area (Å²) in [5.41, 5.74) is 2.59. The Bertz CT molecular complexity index is 1030. The molecule has 0 aliphatic rings. The molecule has 7 nitrogen and oxygen atoms in total. The third-order valence-corrected chi connectivity index (χ3v) is 4.18. The van der Waals surface area contributed by atoms with E-state index in [0.717, 1.165) is 11.1 Å². The minimum Gasteiger partial charge on any atom is -0.497 e. The van der Waals surface area contributed by atoms with Gasteiger partial charge in [-0.05, 0) is 50.3 Å². The molecule has 0 spiro atoms. The molecule has 3 aromatic rings. The molecule has 1 heterocycles. The maximum Gasteiger partial charge on any atom is 0.331 e. The van der Waals surface area contributed by atoms with Gasteiger partial charge < -0.3 is 18.6 Å². The van der Waals surface area contributed by atoms with Crippen molar-refractivity contribution in [1.82, 2.24) is 10.2 Å². The van der Waals surface area contributed by atoms with E-state index < -0.39 is 12.1 Å². The zero-order chi connectivity index (χ0) is 20.8. The summed E-state index contributed by atoms with van der Waals surface area (Å²) in [6, 6.07) is 13.0. The van der Waals surface area contributed by atoms with Crippen LogP contribution in [0.5, 0.6) is 11.5 Å². The van der Waals surface area contributed by atoms with E-state index in [2.05, 4.69) is 10.2 Å². The number of benzene rings is 2. The number of rotatable bonds is 7. The number of esters is 1. The van der Waals surface area contributed by atoms with Crippen LogP contribution in [-0.2, 0) is 9.53 Å². The molecule has 0 amide bonds. The van der Waals surface area contributed by atoms with Crippen molar-refractivity contribution in [2.45, 2.75) is 20.0 Å². The molecule has 0 aliphatic carbocycles. The first-order valence-electron chi connectivity index (χ1n) is 9.01. The third kappa shape index (κ3) is 5.01. The van der Waals surface area contributed by atoms with Crippen LogP contribution in [0, 0.1) is 6.92 Å². The van der Waals surface area contributed by atoms with Gasteiger partial charge in [0.2, 0.25) is 5.89 Å². The highest BCUT2D eigenvalue weighted by atomic mass is 16.6. The molecule has 0 saturated carbocycles. The topological polar surface area (TPSA) is 83.7 Å². The van der Waals surface area contributed by atoms with Gasteiger partial charge in [0.25, 0.3) is 5.89 Å². The highest BCUT2D eigenvalue weighted by Crippen LogP contribution is 2.26. The lowest BCUT2D eigenvalue weighted by Gasteiger charge is -2.08. The molecule has 2 aromatic carbocycles. The van der Waals surface area contributed by atoms with E-state index in [0.29, 0.717) is 23.0 Å². The van der Waals surface area contributed by atoms with E-state index in [1.807, 2.05) is 31.2 Å². The predicted molar refractivity (Wildman–Crippen MR) is 108 cm³/mol. The lowest BCUT2D eigenvalue weighted by Crippen LogP contribution is -2.06. The van der Waals surface area contributed by atoms with Crippen molar-refractivity contribution in [3.63, 3.8) is 0 Å².